The lowest BCUT2D eigenvalue weighted by Crippen LogP contribution is -1.97. The molecule has 1 fully saturated rings. The van der Waals surface area contributed by atoms with E-state index in [0.29, 0.717) is 16.2 Å². The second kappa shape index (κ2) is 3.56. The van der Waals surface area contributed by atoms with Crippen molar-refractivity contribution in [3.8, 4) is 0 Å². The summed E-state index contributed by atoms with van der Waals surface area (Å²) >= 11 is 12.2. The van der Waals surface area contributed by atoms with Crippen molar-refractivity contribution < 1.29 is 0 Å². The SMILES string of the molecule is Clc1ccc2c(c1)nc(Cl)n1c(C3CC3)nnc21. The van der Waals surface area contributed by atoms with Gasteiger partial charge in [-0.15, -0.1) is 10.2 Å². The van der Waals surface area contributed by atoms with Crippen molar-refractivity contribution in [2.75, 3.05) is 0 Å². The van der Waals surface area contributed by atoms with Crippen LogP contribution < -0.4 is 0 Å². The first-order chi connectivity index (χ1) is 8.74. The van der Waals surface area contributed by atoms with E-state index in [0.717, 1.165) is 35.2 Å². The molecule has 4 nitrogen and oxygen atoms in total. The molecule has 0 amide bonds. The Bertz CT molecular complexity index is 776. The van der Waals surface area contributed by atoms with Gasteiger partial charge >= 0.3 is 0 Å². The van der Waals surface area contributed by atoms with E-state index in [1.54, 1.807) is 6.07 Å². The van der Waals surface area contributed by atoms with Crippen LogP contribution in [0, 0.1) is 0 Å². The van der Waals surface area contributed by atoms with Crippen molar-refractivity contribution in [1.29, 1.82) is 0 Å². The lowest BCUT2D eigenvalue weighted by atomic mass is 10.2. The van der Waals surface area contributed by atoms with Crippen molar-refractivity contribution in [3.05, 3.63) is 34.3 Å². The minimum absolute atomic E-state index is 0.395. The predicted molar refractivity (Wildman–Crippen MR) is 70.3 cm³/mol. The van der Waals surface area contributed by atoms with Crippen LogP contribution in [0.3, 0.4) is 0 Å². The van der Waals surface area contributed by atoms with Gasteiger partial charge in [-0.05, 0) is 42.6 Å². The molecule has 0 atom stereocenters. The average Bonchev–Trinajstić information content (AvgIpc) is 3.08. The summed E-state index contributed by atoms with van der Waals surface area (Å²) in [7, 11) is 0. The van der Waals surface area contributed by atoms with Crippen LogP contribution in [0.15, 0.2) is 18.2 Å². The third kappa shape index (κ3) is 1.42. The topological polar surface area (TPSA) is 43.1 Å². The predicted octanol–water partition coefficient (Wildman–Crippen LogP) is 3.46. The highest BCUT2D eigenvalue weighted by molar-refractivity contribution is 6.31. The fourth-order valence-corrected chi connectivity index (χ4v) is 2.62. The van der Waals surface area contributed by atoms with Gasteiger partial charge in [-0.1, -0.05) is 11.6 Å². The fraction of sp³-hybridized carbons (Fsp3) is 0.250. The molecule has 1 saturated carbocycles. The molecule has 2 aromatic heterocycles. The minimum atomic E-state index is 0.395. The van der Waals surface area contributed by atoms with Gasteiger partial charge in [-0.2, -0.15) is 0 Å². The summed E-state index contributed by atoms with van der Waals surface area (Å²) in [6, 6.07) is 5.51. The minimum Gasteiger partial charge on any atom is -0.252 e. The second-order valence-corrected chi connectivity index (χ2v) is 5.31. The van der Waals surface area contributed by atoms with E-state index in [1.165, 1.54) is 0 Å². The Morgan fingerprint density at radius 2 is 2.00 bits per heavy atom. The molecular weight excluding hydrogens is 271 g/mol. The number of halogens is 2. The lowest BCUT2D eigenvalue weighted by Gasteiger charge is -2.04. The van der Waals surface area contributed by atoms with Crippen molar-refractivity contribution in [2.24, 2.45) is 0 Å². The maximum absolute atomic E-state index is 6.24. The van der Waals surface area contributed by atoms with Gasteiger partial charge in [0.05, 0.1) is 5.52 Å². The first-order valence-electron chi connectivity index (χ1n) is 5.74. The van der Waals surface area contributed by atoms with E-state index in [2.05, 4.69) is 15.2 Å². The first-order valence-corrected chi connectivity index (χ1v) is 6.49. The van der Waals surface area contributed by atoms with Crippen LogP contribution in [0.4, 0.5) is 0 Å². The smallest absolute Gasteiger partial charge is 0.210 e. The van der Waals surface area contributed by atoms with Gasteiger partial charge in [0.15, 0.2) is 5.65 Å². The Morgan fingerprint density at radius 1 is 1.17 bits per heavy atom. The summed E-state index contributed by atoms with van der Waals surface area (Å²) in [5, 5.41) is 10.4. The Balaban J connectivity index is 2.15. The highest BCUT2D eigenvalue weighted by atomic mass is 35.5. The van der Waals surface area contributed by atoms with Crippen LogP contribution in [0.1, 0.15) is 24.6 Å². The molecule has 0 radical (unpaired) electrons. The van der Waals surface area contributed by atoms with Gasteiger partial charge in [-0.3, -0.25) is 4.40 Å². The van der Waals surface area contributed by atoms with Gasteiger partial charge in [0.25, 0.3) is 0 Å². The number of aromatic nitrogens is 4. The van der Waals surface area contributed by atoms with E-state index in [4.69, 9.17) is 23.2 Å². The number of fused-ring (bicyclic) bond motifs is 3. The largest absolute Gasteiger partial charge is 0.252 e. The molecule has 2 heterocycles. The van der Waals surface area contributed by atoms with E-state index >= 15 is 0 Å². The van der Waals surface area contributed by atoms with Crippen LogP contribution in [-0.2, 0) is 0 Å². The van der Waals surface area contributed by atoms with Crippen LogP contribution >= 0.6 is 23.2 Å². The van der Waals surface area contributed by atoms with Crippen LogP contribution in [0.5, 0.6) is 0 Å². The average molecular weight is 279 g/mol. The maximum Gasteiger partial charge on any atom is 0.210 e. The quantitative estimate of drug-likeness (QED) is 0.641. The van der Waals surface area contributed by atoms with Gasteiger partial charge in [0.1, 0.15) is 5.82 Å². The summed E-state index contributed by atoms with van der Waals surface area (Å²) in [6.07, 6.45) is 2.30. The number of hydrogen-bond acceptors (Lipinski definition) is 3. The summed E-state index contributed by atoms with van der Waals surface area (Å²) in [4.78, 5) is 4.37. The number of benzene rings is 1. The molecule has 4 rings (SSSR count). The fourth-order valence-electron chi connectivity index (χ4n) is 2.19. The zero-order chi connectivity index (χ0) is 12.3. The van der Waals surface area contributed by atoms with Crippen LogP contribution in [0.2, 0.25) is 10.3 Å². The molecule has 0 unspecified atom stereocenters. The summed E-state index contributed by atoms with van der Waals surface area (Å²) < 4.78 is 1.84. The van der Waals surface area contributed by atoms with Gasteiger partial charge in [0, 0.05) is 16.3 Å². The molecule has 1 aliphatic rings. The Hall–Kier alpha value is -1.39. The molecule has 0 bridgehead atoms. The van der Waals surface area contributed by atoms with Crippen LogP contribution in [-0.4, -0.2) is 19.6 Å². The molecule has 0 aliphatic heterocycles. The number of nitrogens with zero attached hydrogens (tertiary/aromatic N) is 4. The number of hydrogen-bond donors (Lipinski definition) is 0. The Kier molecular flexibility index (Phi) is 2.08. The standard InChI is InChI=1S/C12H8Cl2N4/c13-7-3-4-8-9(5-7)15-12(14)18-10(6-1-2-6)16-17-11(8)18/h3-6H,1-2H2. The molecule has 0 saturated heterocycles. The molecule has 6 heteroatoms. The molecule has 1 aromatic carbocycles. The normalized spacial score (nSPS) is 15.7. The van der Waals surface area contributed by atoms with Gasteiger partial charge in [0.2, 0.25) is 5.28 Å². The first kappa shape index (κ1) is 10.5. The number of rotatable bonds is 1. The monoisotopic (exact) mass is 278 g/mol. The summed E-state index contributed by atoms with van der Waals surface area (Å²) in [6.45, 7) is 0. The zero-order valence-corrected chi connectivity index (χ0v) is 10.8. The van der Waals surface area contributed by atoms with Crippen molar-refractivity contribution in [3.63, 3.8) is 0 Å². The molecule has 18 heavy (non-hydrogen) atoms. The van der Waals surface area contributed by atoms with Crippen molar-refractivity contribution in [2.45, 2.75) is 18.8 Å². The van der Waals surface area contributed by atoms with Crippen molar-refractivity contribution in [1.82, 2.24) is 19.6 Å². The van der Waals surface area contributed by atoms with E-state index in [9.17, 15) is 0 Å². The highest BCUT2D eigenvalue weighted by Crippen LogP contribution is 2.40. The molecule has 0 spiro atoms. The van der Waals surface area contributed by atoms with E-state index < -0.39 is 0 Å². The molecule has 1 aliphatic carbocycles. The third-order valence-electron chi connectivity index (χ3n) is 3.23. The van der Waals surface area contributed by atoms with Crippen molar-refractivity contribution >= 4 is 39.8 Å². The van der Waals surface area contributed by atoms with Crippen LogP contribution in [0.25, 0.3) is 16.6 Å². The zero-order valence-electron chi connectivity index (χ0n) is 9.27. The lowest BCUT2D eigenvalue weighted by molar-refractivity contribution is 0.888. The van der Waals surface area contributed by atoms with E-state index in [1.807, 2.05) is 16.5 Å². The maximum atomic E-state index is 6.24. The van der Waals surface area contributed by atoms with E-state index in [-0.39, 0.29) is 0 Å². The van der Waals surface area contributed by atoms with Gasteiger partial charge < -0.3 is 0 Å². The second-order valence-electron chi connectivity index (χ2n) is 4.53. The molecular formula is C12H8Cl2N4. The van der Waals surface area contributed by atoms with Gasteiger partial charge in [-0.25, -0.2) is 4.98 Å². The Morgan fingerprint density at radius 3 is 2.78 bits per heavy atom. The molecule has 0 N–H and O–H groups in total. The molecule has 90 valence electrons. The summed E-state index contributed by atoms with van der Waals surface area (Å²) in [5.41, 5.74) is 1.50. The Labute approximate surface area is 113 Å². The highest BCUT2D eigenvalue weighted by Gasteiger charge is 2.30. The summed E-state index contributed by atoms with van der Waals surface area (Å²) in [5.74, 6) is 1.39. The third-order valence-corrected chi connectivity index (χ3v) is 3.72. The molecule has 3 aromatic rings.